The molecule has 0 saturated heterocycles. The fourth-order valence-electron chi connectivity index (χ4n) is 1.57. The van der Waals surface area contributed by atoms with Gasteiger partial charge in [0.25, 0.3) is 0 Å². The highest BCUT2D eigenvalue weighted by Gasteiger charge is 2.12. The van der Waals surface area contributed by atoms with E-state index in [1.165, 1.54) is 12.8 Å². The molecule has 17 heavy (non-hydrogen) atoms. The van der Waals surface area contributed by atoms with Crippen molar-refractivity contribution in [1.82, 2.24) is 10.2 Å². The highest BCUT2D eigenvalue weighted by atomic mass is 16.2. The van der Waals surface area contributed by atoms with E-state index < -0.39 is 0 Å². The van der Waals surface area contributed by atoms with Crippen LogP contribution in [-0.2, 0) is 4.79 Å². The number of carbonyl (C=O) groups excluding carboxylic acids is 1. The lowest BCUT2D eigenvalue weighted by Crippen LogP contribution is -2.38. The Labute approximate surface area is 107 Å². The van der Waals surface area contributed by atoms with Crippen molar-refractivity contribution in [3.8, 4) is 0 Å². The van der Waals surface area contributed by atoms with E-state index in [0.29, 0.717) is 12.0 Å². The van der Waals surface area contributed by atoms with Crippen molar-refractivity contribution in [2.24, 2.45) is 5.41 Å². The fraction of sp³-hybridized carbons (Fsp3) is 0.929. The van der Waals surface area contributed by atoms with Gasteiger partial charge in [0.1, 0.15) is 0 Å². The third kappa shape index (κ3) is 10.3. The van der Waals surface area contributed by atoms with Crippen LogP contribution < -0.4 is 5.32 Å². The van der Waals surface area contributed by atoms with E-state index in [1.54, 1.807) is 0 Å². The normalized spacial score (nSPS) is 11.9. The molecule has 3 heteroatoms. The van der Waals surface area contributed by atoms with Crippen molar-refractivity contribution in [2.45, 2.75) is 53.9 Å². The van der Waals surface area contributed by atoms with Gasteiger partial charge in [0.05, 0.1) is 6.54 Å². The summed E-state index contributed by atoms with van der Waals surface area (Å²) in [5, 5.41) is 3.00. The standard InChI is InChI=1S/C14H30N2O/c1-6-8-11-16(7-2)12-13(17)15-10-9-14(3,4)5/h6-12H2,1-5H3,(H,15,17). The predicted octanol–water partition coefficient (Wildman–Crippen LogP) is 2.66. The summed E-state index contributed by atoms with van der Waals surface area (Å²) in [7, 11) is 0. The minimum atomic E-state index is 0.159. The molecule has 0 radical (unpaired) electrons. The van der Waals surface area contributed by atoms with Gasteiger partial charge in [-0.2, -0.15) is 0 Å². The molecule has 0 rings (SSSR count). The second-order valence-corrected chi connectivity index (χ2v) is 5.88. The van der Waals surface area contributed by atoms with Crippen LogP contribution in [-0.4, -0.2) is 37.0 Å². The molecule has 0 aliphatic rings. The van der Waals surface area contributed by atoms with Gasteiger partial charge in [0.2, 0.25) is 5.91 Å². The van der Waals surface area contributed by atoms with Gasteiger partial charge in [-0.1, -0.05) is 41.0 Å². The van der Waals surface area contributed by atoms with E-state index in [2.05, 4.69) is 44.8 Å². The van der Waals surface area contributed by atoms with E-state index in [9.17, 15) is 4.79 Å². The maximum Gasteiger partial charge on any atom is 0.234 e. The molecule has 0 aromatic rings. The van der Waals surface area contributed by atoms with E-state index >= 15 is 0 Å². The van der Waals surface area contributed by atoms with E-state index in [4.69, 9.17) is 0 Å². The van der Waals surface area contributed by atoms with Gasteiger partial charge in [0, 0.05) is 6.54 Å². The molecule has 0 spiro atoms. The van der Waals surface area contributed by atoms with E-state index in [-0.39, 0.29) is 5.91 Å². The number of hydrogen-bond acceptors (Lipinski definition) is 2. The summed E-state index contributed by atoms with van der Waals surface area (Å²) in [5.74, 6) is 0.159. The lowest BCUT2D eigenvalue weighted by atomic mass is 9.92. The van der Waals surface area contributed by atoms with Gasteiger partial charge in [-0.3, -0.25) is 9.69 Å². The molecule has 1 N–H and O–H groups in total. The number of rotatable bonds is 8. The first kappa shape index (κ1) is 16.4. The summed E-state index contributed by atoms with van der Waals surface area (Å²) in [6.45, 7) is 14.2. The third-order valence-electron chi connectivity index (χ3n) is 2.84. The lowest BCUT2D eigenvalue weighted by molar-refractivity contribution is -0.122. The van der Waals surface area contributed by atoms with Gasteiger partial charge in [-0.15, -0.1) is 0 Å². The van der Waals surface area contributed by atoms with Crippen molar-refractivity contribution < 1.29 is 4.79 Å². The maximum atomic E-state index is 11.7. The monoisotopic (exact) mass is 242 g/mol. The molecule has 0 aliphatic heterocycles. The van der Waals surface area contributed by atoms with Crippen LogP contribution in [0.25, 0.3) is 0 Å². The molecule has 0 unspecified atom stereocenters. The zero-order valence-corrected chi connectivity index (χ0v) is 12.3. The Hall–Kier alpha value is -0.570. The third-order valence-corrected chi connectivity index (χ3v) is 2.84. The molecule has 0 aliphatic carbocycles. The first-order chi connectivity index (χ1) is 7.89. The SMILES string of the molecule is CCCCN(CC)CC(=O)NCCC(C)(C)C. The molecule has 102 valence electrons. The van der Waals surface area contributed by atoms with Gasteiger partial charge >= 0.3 is 0 Å². The largest absolute Gasteiger partial charge is 0.355 e. The van der Waals surface area contributed by atoms with Crippen LogP contribution in [0.15, 0.2) is 0 Å². The summed E-state index contributed by atoms with van der Waals surface area (Å²) in [5.41, 5.74) is 0.292. The Bertz CT molecular complexity index is 209. The Morgan fingerprint density at radius 3 is 2.35 bits per heavy atom. The zero-order chi connectivity index (χ0) is 13.3. The number of carbonyl (C=O) groups is 1. The van der Waals surface area contributed by atoms with Gasteiger partial charge in [-0.05, 0) is 31.3 Å². The molecule has 3 nitrogen and oxygen atoms in total. The van der Waals surface area contributed by atoms with Gasteiger partial charge in [-0.25, -0.2) is 0 Å². The Kier molecular flexibility index (Phi) is 8.23. The van der Waals surface area contributed by atoms with Crippen LogP contribution >= 0.6 is 0 Å². The molecule has 1 amide bonds. The molecule has 0 atom stereocenters. The summed E-state index contributed by atoms with van der Waals surface area (Å²) < 4.78 is 0. The zero-order valence-electron chi connectivity index (χ0n) is 12.3. The summed E-state index contributed by atoms with van der Waals surface area (Å²) in [6, 6.07) is 0. The summed E-state index contributed by atoms with van der Waals surface area (Å²) in [4.78, 5) is 13.9. The molecule has 0 bridgehead atoms. The maximum absolute atomic E-state index is 11.7. The minimum absolute atomic E-state index is 0.159. The highest BCUT2D eigenvalue weighted by Crippen LogP contribution is 2.16. The Morgan fingerprint density at radius 1 is 1.24 bits per heavy atom. The second-order valence-electron chi connectivity index (χ2n) is 5.88. The van der Waals surface area contributed by atoms with Gasteiger partial charge in [0.15, 0.2) is 0 Å². The van der Waals surface area contributed by atoms with Gasteiger partial charge < -0.3 is 5.32 Å². The first-order valence-corrected chi connectivity index (χ1v) is 6.88. The van der Waals surface area contributed by atoms with E-state index in [1.807, 2.05) is 0 Å². The van der Waals surface area contributed by atoms with Crippen LogP contribution in [0.5, 0.6) is 0 Å². The van der Waals surface area contributed by atoms with Crippen LogP contribution in [0.1, 0.15) is 53.9 Å². The summed E-state index contributed by atoms with van der Waals surface area (Å²) >= 11 is 0. The molecular formula is C14H30N2O. The number of likely N-dealkylation sites (N-methyl/N-ethyl adjacent to an activating group) is 1. The van der Waals surface area contributed by atoms with E-state index in [0.717, 1.165) is 26.1 Å². The average Bonchev–Trinajstić information content (AvgIpc) is 2.22. The van der Waals surface area contributed by atoms with Crippen molar-refractivity contribution in [3.05, 3.63) is 0 Å². The van der Waals surface area contributed by atoms with Crippen molar-refractivity contribution in [3.63, 3.8) is 0 Å². The molecule has 0 fully saturated rings. The smallest absolute Gasteiger partial charge is 0.234 e. The minimum Gasteiger partial charge on any atom is -0.355 e. The second kappa shape index (κ2) is 8.51. The average molecular weight is 242 g/mol. The molecule has 0 aromatic heterocycles. The fourth-order valence-corrected chi connectivity index (χ4v) is 1.57. The molecule has 0 heterocycles. The number of nitrogens with zero attached hydrogens (tertiary/aromatic N) is 1. The number of unbranched alkanes of at least 4 members (excludes halogenated alkanes) is 1. The van der Waals surface area contributed by atoms with Crippen molar-refractivity contribution in [2.75, 3.05) is 26.2 Å². The van der Waals surface area contributed by atoms with Crippen molar-refractivity contribution in [1.29, 1.82) is 0 Å². The Morgan fingerprint density at radius 2 is 1.88 bits per heavy atom. The molecule has 0 aromatic carbocycles. The number of nitrogens with one attached hydrogen (secondary N) is 1. The Balaban J connectivity index is 3.75. The van der Waals surface area contributed by atoms with Crippen LogP contribution in [0.4, 0.5) is 0 Å². The topological polar surface area (TPSA) is 32.3 Å². The predicted molar refractivity (Wildman–Crippen MR) is 74.1 cm³/mol. The number of amides is 1. The van der Waals surface area contributed by atoms with Crippen LogP contribution in [0.2, 0.25) is 0 Å². The molecule has 0 saturated carbocycles. The lowest BCUT2D eigenvalue weighted by Gasteiger charge is -2.21. The summed E-state index contributed by atoms with van der Waals surface area (Å²) in [6.07, 6.45) is 3.38. The quantitative estimate of drug-likeness (QED) is 0.709. The molecular weight excluding hydrogens is 212 g/mol. The first-order valence-electron chi connectivity index (χ1n) is 6.88. The highest BCUT2D eigenvalue weighted by molar-refractivity contribution is 5.77. The number of hydrogen-bond donors (Lipinski definition) is 1. The van der Waals surface area contributed by atoms with Crippen LogP contribution in [0.3, 0.4) is 0 Å². The van der Waals surface area contributed by atoms with Crippen LogP contribution in [0, 0.1) is 5.41 Å². The van der Waals surface area contributed by atoms with Crippen molar-refractivity contribution >= 4 is 5.91 Å².